The van der Waals surface area contributed by atoms with E-state index in [1.807, 2.05) is 13.8 Å². The highest BCUT2D eigenvalue weighted by Crippen LogP contribution is 2.28. The van der Waals surface area contributed by atoms with Gasteiger partial charge in [0.2, 0.25) is 0 Å². The van der Waals surface area contributed by atoms with Crippen molar-refractivity contribution >= 4 is 29.4 Å². The molecule has 0 aromatic carbocycles. The maximum atomic E-state index is 12.1. The molecule has 27 heavy (non-hydrogen) atoms. The first kappa shape index (κ1) is 22.9. The number of hydrogen-bond acceptors (Lipinski definition) is 8. The van der Waals surface area contributed by atoms with Crippen LogP contribution in [0.1, 0.15) is 69.6 Å². The van der Waals surface area contributed by atoms with Crippen LogP contribution in [0.25, 0.3) is 0 Å². The molecule has 0 aliphatic rings. The van der Waals surface area contributed by atoms with Gasteiger partial charge in [-0.05, 0) is 26.7 Å². The van der Waals surface area contributed by atoms with Gasteiger partial charge >= 0.3 is 18.0 Å². The number of alkyl carbamates (subject to hydrolysis) is 1. The van der Waals surface area contributed by atoms with Crippen LogP contribution in [0, 0.1) is 5.92 Å². The first-order chi connectivity index (χ1) is 12.4. The van der Waals surface area contributed by atoms with Crippen molar-refractivity contribution in [2.24, 2.45) is 5.92 Å². The van der Waals surface area contributed by atoms with E-state index in [-0.39, 0.29) is 17.7 Å². The molecule has 0 bridgehead atoms. The van der Waals surface area contributed by atoms with Gasteiger partial charge in [0.1, 0.15) is 10.6 Å². The molecule has 1 rings (SSSR count). The molecular weight excluding hydrogens is 372 g/mol. The van der Waals surface area contributed by atoms with Gasteiger partial charge in [0.05, 0.1) is 7.11 Å². The Morgan fingerprint density at radius 2 is 1.89 bits per heavy atom. The molecule has 1 aromatic rings. The number of nitrogens with zero attached hydrogens (tertiary/aromatic N) is 1. The number of ether oxygens (including phenoxy) is 3. The van der Waals surface area contributed by atoms with Crippen LogP contribution in [-0.4, -0.2) is 41.8 Å². The van der Waals surface area contributed by atoms with Crippen molar-refractivity contribution in [2.75, 3.05) is 7.11 Å². The number of esters is 2. The van der Waals surface area contributed by atoms with E-state index in [0.29, 0.717) is 11.4 Å². The summed E-state index contributed by atoms with van der Waals surface area (Å²) >= 11 is 1.19. The predicted octanol–water partition coefficient (Wildman–Crippen LogP) is 3.47. The topological polar surface area (TPSA) is 104 Å². The van der Waals surface area contributed by atoms with E-state index in [4.69, 9.17) is 9.47 Å². The smallest absolute Gasteiger partial charge is 0.407 e. The molecule has 152 valence electrons. The van der Waals surface area contributed by atoms with Gasteiger partial charge in [0, 0.05) is 24.8 Å². The van der Waals surface area contributed by atoms with E-state index in [1.54, 1.807) is 26.2 Å². The molecular formula is C18H28N2O6S. The lowest BCUT2D eigenvalue weighted by molar-refractivity contribution is -0.147. The van der Waals surface area contributed by atoms with Gasteiger partial charge in [-0.2, -0.15) is 0 Å². The fraction of sp³-hybridized carbons (Fsp3) is 0.667. The van der Waals surface area contributed by atoms with Crippen LogP contribution >= 0.6 is 11.3 Å². The molecule has 0 spiro atoms. The van der Waals surface area contributed by atoms with E-state index in [2.05, 4.69) is 15.0 Å². The Morgan fingerprint density at radius 3 is 2.37 bits per heavy atom. The molecule has 0 aliphatic heterocycles. The van der Waals surface area contributed by atoms with Gasteiger partial charge in [-0.3, -0.25) is 4.79 Å². The van der Waals surface area contributed by atoms with Crippen molar-refractivity contribution in [3.05, 3.63) is 16.1 Å². The molecule has 9 heteroatoms. The number of nitrogens with one attached hydrogen (secondary N) is 1. The summed E-state index contributed by atoms with van der Waals surface area (Å²) in [5.41, 5.74) is -0.470. The molecule has 0 fully saturated rings. The quantitative estimate of drug-likeness (QED) is 0.552. The lowest BCUT2D eigenvalue weighted by atomic mass is 9.98. The number of hydrogen-bond donors (Lipinski definition) is 1. The highest BCUT2D eigenvalue weighted by atomic mass is 32.1. The molecule has 8 nitrogen and oxygen atoms in total. The number of rotatable bonds is 7. The Bertz CT molecular complexity index is 665. The second-order valence-corrected chi connectivity index (χ2v) is 8.28. The minimum atomic E-state index is -0.701. The second-order valence-electron chi connectivity index (χ2n) is 7.39. The van der Waals surface area contributed by atoms with E-state index >= 15 is 0 Å². The first-order valence-electron chi connectivity index (χ1n) is 8.63. The van der Waals surface area contributed by atoms with Crippen LogP contribution in [0.4, 0.5) is 4.79 Å². The van der Waals surface area contributed by atoms with Crippen LogP contribution in [-0.2, 0) is 19.0 Å². The molecule has 0 aliphatic carbocycles. The summed E-state index contributed by atoms with van der Waals surface area (Å²) in [7, 11) is 1.27. The van der Waals surface area contributed by atoms with Crippen molar-refractivity contribution in [1.82, 2.24) is 10.3 Å². The molecule has 0 saturated carbocycles. The SMILES string of the molecule is COC(=O)c1csc([C@@H](C[C@@H](NC(=O)OC(C)(C)C)C(C)C)OC(C)=O)n1. The van der Waals surface area contributed by atoms with E-state index in [1.165, 1.54) is 25.4 Å². The summed E-state index contributed by atoms with van der Waals surface area (Å²) in [6.45, 7) is 10.5. The summed E-state index contributed by atoms with van der Waals surface area (Å²) in [5, 5.41) is 4.83. The minimum absolute atomic E-state index is 0.0515. The third-order valence-electron chi connectivity index (χ3n) is 3.48. The van der Waals surface area contributed by atoms with E-state index < -0.39 is 29.7 Å². The normalized spacial score (nSPS) is 13.6. The fourth-order valence-corrected chi connectivity index (χ4v) is 3.05. The standard InChI is InChI=1S/C18H28N2O6S/c1-10(2)12(20-17(23)26-18(4,5)6)8-14(25-11(3)21)15-19-13(9-27-15)16(22)24-7/h9-10,12,14H,8H2,1-7H3,(H,20,23)/t12-,14-/m1/s1. The number of aromatic nitrogens is 1. The number of carbonyl (C=O) groups excluding carboxylic acids is 3. The van der Waals surface area contributed by atoms with Crippen LogP contribution in [0.15, 0.2) is 5.38 Å². The summed E-state index contributed by atoms with van der Waals surface area (Å²) < 4.78 is 15.3. The molecule has 0 radical (unpaired) electrons. The first-order valence-corrected chi connectivity index (χ1v) is 9.51. The van der Waals surface area contributed by atoms with Gasteiger partial charge in [-0.25, -0.2) is 14.6 Å². The van der Waals surface area contributed by atoms with Gasteiger partial charge in [0.25, 0.3) is 0 Å². The number of amides is 1. The van der Waals surface area contributed by atoms with Crippen LogP contribution in [0.2, 0.25) is 0 Å². The maximum absolute atomic E-state index is 12.1. The summed E-state index contributed by atoms with van der Waals surface area (Å²) in [6.07, 6.45) is -0.949. The van der Waals surface area contributed by atoms with E-state index in [0.717, 1.165) is 0 Å². The maximum Gasteiger partial charge on any atom is 0.407 e. The minimum Gasteiger partial charge on any atom is -0.464 e. The zero-order chi connectivity index (χ0) is 20.8. The lowest BCUT2D eigenvalue weighted by Crippen LogP contribution is -2.42. The molecule has 0 saturated heterocycles. The van der Waals surface area contributed by atoms with Gasteiger partial charge in [-0.1, -0.05) is 13.8 Å². The van der Waals surface area contributed by atoms with Crippen LogP contribution in [0.5, 0.6) is 0 Å². The van der Waals surface area contributed by atoms with E-state index in [9.17, 15) is 14.4 Å². The zero-order valence-electron chi connectivity index (χ0n) is 16.8. The third-order valence-corrected chi connectivity index (χ3v) is 4.41. The van der Waals surface area contributed by atoms with Crippen molar-refractivity contribution in [1.29, 1.82) is 0 Å². The monoisotopic (exact) mass is 400 g/mol. The average Bonchev–Trinajstić information content (AvgIpc) is 3.00. The average molecular weight is 400 g/mol. The number of carbonyl (C=O) groups is 3. The Kier molecular flexibility index (Phi) is 8.20. The highest BCUT2D eigenvalue weighted by Gasteiger charge is 2.29. The predicted molar refractivity (Wildman–Crippen MR) is 101 cm³/mol. The van der Waals surface area contributed by atoms with Crippen LogP contribution in [0.3, 0.4) is 0 Å². The summed E-state index contributed by atoms with van der Waals surface area (Å²) in [6, 6.07) is -0.324. The largest absolute Gasteiger partial charge is 0.464 e. The van der Waals surface area contributed by atoms with Crippen molar-refractivity contribution in [2.45, 2.75) is 65.7 Å². The molecule has 1 heterocycles. The second kappa shape index (κ2) is 9.68. The third kappa shape index (κ3) is 7.94. The Morgan fingerprint density at radius 1 is 1.26 bits per heavy atom. The molecule has 2 atom stereocenters. The zero-order valence-corrected chi connectivity index (χ0v) is 17.6. The van der Waals surface area contributed by atoms with Crippen molar-refractivity contribution in [3.63, 3.8) is 0 Å². The molecule has 0 unspecified atom stereocenters. The van der Waals surface area contributed by atoms with Gasteiger partial charge < -0.3 is 19.5 Å². The summed E-state index contributed by atoms with van der Waals surface area (Å²) in [5.74, 6) is -0.989. The lowest BCUT2D eigenvalue weighted by Gasteiger charge is -2.28. The molecule has 1 amide bonds. The Hall–Kier alpha value is -2.16. The van der Waals surface area contributed by atoms with Crippen molar-refractivity contribution in [3.8, 4) is 0 Å². The number of thiazole rings is 1. The summed E-state index contributed by atoms with van der Waals surface area (Å²) in [4.78, 5) is 39.5. The Balaban J connectivity index is 2.97. The highest BCUT2D eigenvalue weighted by molar-refractivity contribution is 7.09. The Labute approximate surface area is 163 Å². The van der Waals surface area contributed by atoms with Crippen LogP contribution < -0.4 is 5.32 Å². The van der Waals surface area contributed by atoms with Gasteiger partial charge in [-0.15, -0.1) is 11.3 Å². The van der Waals surface area contributed by atoms with Crippen molar-refractivity contribution < 1.29 is 28.6 Å². The molecule has 1 N–H and O–H groups in total. The van der Waals surface area contributed by atoms with Gasteiger partial charge in [0.15, 0.2) is 11.8 Å². The fourth-order valence-electron chi connectivity index (χ4n) is 2.22. The number of methoxy groups -OCH3 is 1. The molecule has 1 aromatic heterocycles.